The summed E-state index contributed by atoms with van der Waals surface area (Å²) >= 11 is 0. The highest BCUT2D eigenvalue weighted by molar-refractivity contribution is 5.30. The minimum atomic E-state index is -6.36. The number of methoxy groups -OCH3 is 1. The Hall–Kier alpha value is -1.51. The first kappa shape index (κ1) is 20.5. The van der Waals surface area contributed by atoms with Gasteiger partial charge in [-0.05, 0) is 31.5 Å². The van der Waals surface area contributed by atoms with Crippen molar-refractivity contribution >= 4 is 0 Å². The van der Waals surface area contributed by atoms with Gasteiger partial charge in [-0.3, -0.25) is 0 Å². The molecule has 24 heavy (non-hydrogen) atoms. The zero-order valence-electron chi connectivity index (χ0n) is 13.1. The van der Waals surface area contributed by atoms with Crippen molar-refractivity contribution in [2.24, 2.45) is 0 Å². The Morgan fingerprint density at radius 2 is 1.58 bits per heavy atom. The molecule has 0 heterocycles. The fourth-order valence-corrected chi connectivity index (χ4v) is 1.97. The maximum absolute atomic E-state index is 13.5. The average Bonchev–Trinajstić information content (AvgIpc) is 2.43. The van der Waals surface area contributed by atoms with Crippen LogP contribution in [-0.4, -0.2) is 31.2 Å². The van der Waals surface area contributed by atoms with Gasteiger partial charge in [-0.2, -0.15) is 30.7 Å². The standard InChI is InChI=1S/C15H17F7O2/c1-9(2)24-11-6-4-5-10(7-11)12(23-3)8-13(16,17)14(18,19)15(20,21)22/h4-7,9,12H,8H2,1-3H3. The van der Waals surface area contributed by atoms with Gasteiger partial charge in [0.15, 0.2) is 0 Å². The van der Waals surface area contributed by atoms with Crippen molar-refractivity contribution in [1.29, 1.82) is 0 Å². The quantitative estimate of drug-likeness (QED) is 0.606. The Kier molecular flexibility index (Phi) is 6.13. The molecule has 0 aliphatic heterocycles. The highest BCUT2D eigenvalue weighted by Gasteiger charge is 2.73. The van der Waals surface area contributed by atoms with Gasteiger partial charge in [0, 0.05) is 13.5 Å². The van der Waals surface area contributed by atoms with E-state index in [1.165, 1.54) is 24.3 Å². The molecular weight excluding hydrogens is 345 g/mol. The third-order valence-corrected chi connectivity index (χ3v) is 3.14. The lowest BCUT2D eigenvalue weighted by Gasteiger charge is -2.30. The second-order valence-electron chi connectivity index (χ2n) is 5.44. The van der Waals surface area contributed by atoms with E-state index in [0.29, 0.717) is 0 Å². The first-order valence-corrected chi connectivity index (χ1v) is 6.93. The van der Waals surface area contributed by atoms with Crippen molar-refractivity contribution in [2.45, 2.75) is 50.5 Å². The molecule has 9 heteroatoms. The minimum absolute atomic E-state index is 0.00768. The van der Waals surface area contributed by atoms with Crippen molar-refractivity contribution in [3.05, 3.63) is 29.8 Å². The van der Waals surface area contributed by atoms with Crippen molar-refractivity contribution in [3.8, 4) is 5.75 Å². The second-order valence-corrected chi connectivity index (χ2v) is 5.44. The molecule has 0 bridgehead atoms. The van der Waals surface area contributed by atoms with Crippen LogP contribution in [0, 0.1) is 0 Å². The topological polar surface area (TPSA) is 18.5 Å². The zero-order valence-corrected chi connectivity index (χ0v) is 13.1. The van der Waals surface area contributed by atoms with Crippen molar-refractivity contribution in [2.75, 3.05) is 7.11 Å². The molecule has 1 atom stereocenters. The highest BCUT2D eigenvalue weighted by Crippen LogP contribution is 2.50. The monoisotopic (exact) mass is 362 g/mol. The molecule has 1 aromatic carbocycles. The Balaban J connectivity index is 3.06. The molecule has 0 aromatic heterocycles. The third kappa shape index (κ3) is 4.52. The van der Waals surface area contributed by atoms with E-state index >= 15 is 0 Å². The molecule has 1 unspecified atom stereocenters. The summed E-state index contributed by atoms with van der Waals surface area (Å²) < 4.78 is 99.8. The normalized spacial score (nSPS) is 14.8. The second kappa shape index (κ2) is 7.16. The predicted octanol–water partition coefficient (Wildman–Crippen LogP) is 5.38. The molecular formula is C15H17F7O2. The fourth-order valence-electron chi connectivity index (χ4n) is 1.97. The smallest absolute Gasteiger partial charge is 0.459 e. The summed E-state index contributed by atoms with van der Waals surface area (Å²) in [6.45, 7) is 3.41. The Morgan fingerprint density at radius 1 is 1.00 bits per heavy atom. The lowest BCUT2D eigenvalue weighted by molar-refractivity contribution is -0.358. The SMILES string of the molecule is COC(CC(F)(F)C(F)(F)C(F)(F)F)c1cccc(OC(C)C)c1. The zero-order chi connectivity index (χ0) is 18.8. The van der Waals surface area contributed by atoms with Gasteiger partial charge in [0.25, 0.3) is 0 Å². The van der Waals surface area contributed by atoms with E-state index in [1.54, 1.807) is 13.8 Å². The summed E-state index contributed by atoms with van der Waals surface area (Å²) in [7, 11) is 0.947. The summed E-state index contributed by atoms with van der Waals surface area (Å²) in [5.41, 5.74) is 0.00768. The van der Waals surface area contributed by atoms with E-state index in [0.717, 1.165) is 7.11 Å². The molecule has 0 aliphatic rings. The number of hydrogen-bond acceptors (Lipinski definition) is 2. The van der Waals surface area contributed by atoms with Crippen LogP contribution in [0.4, 0.5) is 30.7 Å². The Morgan fingerprint density at radius 3 is 2.04 bits per heavy atom. The van der Waals surface area contributed by atoms with E-state index in [2.05, 4.69) is 0 Å². The van der Waals surface area contributed by atoms with Crippen LogP contribution in [0.1, 0.15) is 31.9 Å². The first-order valence-electron chi connectivity index (χ1n) is 6.93. The molecule has 1 rings (SSSR count). The lowest BCUT2D eigenvalue weighted by Crippen LogP contribution is -2.52. The van der Waals surface area contributed by atoms with Gasteiger partial charge in [0.05, 0.1) is 12.2 Å². The van der Waals surface area contributed by atoms with Crippen LogP contribution in [0.2, 0.25) is 0 Å². The molecule has 0 fully saturated rings. The van der Waals surface area contributed by atoms with Crippen LogP contribution in [0.25, 0.3) is 0 Å². The van der Waals surface area contributed by atoms with Crippen LogP contribution in [0.3, 0.4) is 0 Å². The van der Waals surface area contributed by atoms with Gasteiger partial charge < -0.3 is 9.47 Å². The molecule has 2 nitrogen and oxygen atoms in total. The maximum Gasteiger partial charge on any atom is 0.459 e. The Bertz CT molecular complexity index is 541. The van der Waals surface area contributed by atoms with E-state index in [4.69, 9.17) is 9.47 Å². The van der Waals surface area contributed by atoms with E-state index in [-0.39, 0.29) is 17.4 Å². The molecule has 0 aliphatic carbocycles. The number of ether oxygens (including phenoxy) is 2. The number of hydrogen-bond donors (Lipinski definition) is 0. The average molecular weight is 362 g/mol. The molecule has 0 saturated carbocycles. The molecule has 0 saturated heterocycles. The van der Waals surface area contributed by atoms with Crippen molar-refractivity contribution in [3.63, 3.8) is 0 Å². The van der Waals surface area contributed by atoms with Gasteiger partial charge in [0.1, 0.15) is 5.75 Å². The van der Waals surface area contributed by atoms with Gasteiger partial charge in [0.2, 0.25) is 0 Å². The van der Waals surface area contributed by atoms with Crippen LogP contribution in [0.5, 0.6) is 5.75 Å². The van der Waals surface area contributed by atoms with Crippen molar-refractivity contribution < 1.29 is 40.2 Å². The van der Waals surface area contributed by atoms with Crippen LogP contribution in [0.15, 0.2) is 24.3 Å². The molecule has 138 valence electrons. The summed E-state index contributed by atoms with van der Waals surface area (Å²) in [5.74, 6) is -11.2. The van der Waals surface area contributed by atoms with Gasteiger partial charge in [-0.1, -0.05) is 12.1 Å². The molecule has 0 amide bonds. The van der Waals surface area contributed by atoms with Crippen LogP contribution in [-0.2, 0) is 4.74 Å². The maximum atomic E-state index is 13.5. The summed E-state index contributed by atoms with van der Waals surface area (Å²) in [6.07, 6.45) is -10.1. The molecule has 0 radical (unpaired) electrons. The van der Waals surface area contributed by atoms with Crippen molar-refractivity contribution in [1.82, 2.24) is 0 Å². The van der Waals surface area contributed by atoms with Crippen LogP contribution < -0.4 is 4.74 Å². The third-order valence-electron chi connectivity index (χ3n) is 3.14. The number of halogens is 7. The minimum Gasteiger partial charge on any atom is -0.491 e. The lowest BCUT2D eigenvalue weighted by atomic mass is 9.98. The van der Waals surface area contributed by atoms with Gasteiger partial charge >= 0.3 is 18.0 Å². The fraction of sp³-hybridized carbons (Fsp3) is 0.600. The summed E-state index contributed by atoms with van der Waals surface area (Å²) in [4.78, 5) is 0. The predicted molar refractivity (Wildman–Crippen MR) is 72.5 cm³/mol. The number of rotatable bonds is 7. The van der Waals surface area contributed by atoms with E-state index in [9.17, 15) is 30.7 Å². The summed E-state index contributed by atoms with van der Waals surface area (Å²) in [6, 6.07) is 5.44. The van der Waals surface area contributed by atoms with Gasteiger partial charge in [-0.15, -0.1) is 0 Å². The van der Waals surface area contributed by atoms with E-state index in [1.807, 2.05) is 0 Å². The summed E-state index contributed by atoms with van der Waals surface area (Å²) in [5, 5.41) is 0. The van der Waals surface area contributed by atoms with Gasteiger partial charge in [-0.25, -0.2) is 0 Å². The molecule has 0 spiro atoms. The molecule has 0 N–H and O–H groups in total. The van der Waals surface area contributed by atoms with Crippen LogP contribution >= 0.6 is 0 Å². The number of alkyl halides is 7. The number of benzene rings is 1. The first-order chi connectivity index (χ1) is 10.8. The highest BCUT2D eigenvalue weighted by atomic mass is 19.4. The van der Waals surface area contributed by atoms with E-state index < -0.39 is 30.5 Å². The largest absolute Gasteiger partial charge is 0.491 e. The Labute approximate surface area is 134 Å². The molecule has 1 aromatic rings.